The van der Waals surface area contributed by atoms with Crippen LogP contribution < -0.4 is 5.32 Å². The zero-order chi connectivity index (χ0) is 21.1. The molecular weight excluding hydrogens is 400 g/mol. The van der Waals surface area contributed by atoms with Crippen molar-refractivity contribution in [2.45, 2.75) is 56.9 Å². The number of nitrogens with zero attached hydrogens (tertiary/aromatic N) is 3. The standard InChI is InChI=1S/C22H28N4O3S/c1-3-17-24-25-21(30-17)23-19(27)18-15-9-5-6-10-16(15)20(28)26(13-14-29-2)22(18)11-7-4-8-12-22/h5-6,9-10,18H,3-4,7-8,11-14H2,1-2H3,(H,23,25,27)/t18-/m1/s1. The molecule has 1 N–H and O–H groups in total. The van der Waals surface area contributed by atoms with E-state index in [1.54, 1.807) is 7.11 Å². The maximum Gasteiger partial charge on any atom is 0.254 e. The van der Waals surface area contributed by atoms with Crippen LogP contribution in [0.15, 0.2) is 24.3 Å². The van der Waals surface area contributed by atoms with Crippen LogP contribution in [0.1, 0.15) is 65.9 Å². The summed E-state index contributed by atoms with van der Waals surface area (Å²) < 4.78 is 5.31. The van der Waals surface area contributed by atoms with Crippen LogP contribution in [0, 0.1) is 0 Å². The number of rotatable bonds is 6. The summed E-state index contributed by atoms with van der Waals surface area (Å²) >= 11 is 1.40. The molecule has 1 fully saturated rings. The Labute approximate surface area is 180 Å². The summed E-state index contributed by atoms with van der Waals surface area (Å²) in [6.45, 7) is 2.94. The van der Waals surface area contributed by atoms with Gasteiger partial charge in [-0.25, -0.2) is 0 Å². The summed E-state index contributed by atoms with van der Waals surface area (Å²) in [4.78, 5) is 29.1. The quantitative estimate of drug-likeness (QED) is 0.760. The van der Waals surface area contributed by atoms with Crippen molar-refractivity contribution in [2.24, 2.45) is 0 Å². The highest BCUT2D eigenvalue weighted by Gasteiger charge is 2.54. The first-order valence-electron chi connectivity index (χ1n) is 10.6. The molecular formula is C22H28N4O3S. The predicted molar refractivity (Wildman–Crippen MR) is 116 cm³/mol. The number of hydrogen-bond donors (Lipinski definition) is 1. The van der Waals surface area contributed by atoms with E-state index in [0.29, 0.717) is 23.8 Å². The van der Waals surface area contributed by atoms with Crippen LogP contribution in [-0.4, -0.2) is 52.7 Å². The van der Waals surface area contributed by atoms with Crippen molar-refractivity contribution in [3.63, 3.8) is 0 Å². The van der Waals surface area contributed by atoms with E-state index in [1.165, 1.54) is 11.3 Å². The van der Waals surface area contributed by atoms with Crippen molar-refractivity contribution in [2.75, 3.05) is 25.6 Å². The smallest absolute Gasteiger partial charge is 0.254 e. The minimum Gasteiger partial charge on any atom is -0.383 e. The second-order valence-electron chi connectivity index (χ2n) is 7.98. The molecule has 1 aliphatic heterocycles. The summed E-state index contributed by atoms with van der Waals surface area (Å²) in [6, 6.07) is 7.53. The third-order valence-corrected chi connectivity index (χ3v) is 7.31. The van der Waals surface area contributed by atoms with Gasteiger partial charge in [-0.05, 0) is 30.9 Å². The van der Waals surface area contributed by atoms with Crippen molar-refractivity contribution >= 4 is 28.3 Å². The molecule has 1 saturated carbocycles. The lowest BCUT2D eigenvalue weighted by atomic mass is 9.65. The monoisotopic (exact) mass is 428 g/mol. The minimum absolute atomic E-state index is 0.00205. The second kappa shape index (κ2) is 8.81. The Morgan fingerprint density at radius 2 is 2.03 bits per heavy atom. The Morgan fingerprint density at radius 1 is 1.27 bits per heavy atom. The Bertz CT molecular complexity index is 923. The third-order valence-electron chi connectivity index (χ3n) is 6.32. The largest absolute Gasteiger partial charge is 0.383 e. The Morgan fingerprint density at radius 3 is 2.73 bits per heavy atom. The van der Waals surface area contributed by atoms with Gasteiger partial charge in [0.15, 0.2) is 0 Å². The van der Waals surface area contributed by atoms with Crippen LogP contribution in [0.5, 0.6) is 0 Å². The van der Waals surface area contributed by atoms with Gasteiger partial charge < -0.3 is 9.64 Å². The van der Waals surface area contributed by atoms with Crippen LogP contribution in [-0.2, 0) is 16.0 Å². The lowest BCUT2D eigenvalue weighted by Gasteiger charge is -2.53. The number of amides is 2. The van der Waals surface area contributed by atoms with Crippen LogP contribution >= 0.6 is 11.3 Å². The number of hydrogen-bond acceptors (Lipinski definition) is 6. The van der Waals surface area contributed by atoms with Gasteiger partial charge in [-0.2, -0.15) is 0 Å². The van der Waals surface area contributed by atoms with Gasteiger partial charge >= 0.3 is 0 Å². The molecule has 0 saturated heterocycles. The molecule has 7 nitrogen and oxygen atoms in total. The van der Waals surface area contributed by atoms with Crippen LogP contribution in [0.3, 0.4) is 0 Å². The van der Waals surface area contributed by atoms with E-state index in [1.807, 2.05) is 36.1 Å². The molecule has 2 heterocycles. The zero-order valence-corrected chi connectivity index (χ0v) is 18.3. The SMILES string of the molecule is CCc1nnc(NC(=O)[C@H]2c3ccccc3C(=O)N(CCOC)C23CCCCC3)s1. The van der Waals surface area contributed by atoms with E-state index in [0.717, 1.165) is 49.1 Å². The molecule has 1 aliphatic carbocycles. The molecule has 1 spiro atoms. The number of carbonyl (C=O) groups excluding carboxylic acids is 2. The number of ether oxygens (including phenoxy) is 1. The fourth-order valence-electron chi connectivity index (χ4n) is 4.98. The molecule has 30 heavy (non-hydrogen) atoms. The van der Waals surface area contributed by atoms with Gasteiger partial charge in [-0.3, -0.25) is 14.9 Å². The average Bonchev–Trinajstić information content (AvgIpc) is 3.22. The molecule has 1 aromatic heterocycles. The Hall–Kier alpha value is -2.32. The van der Waals surface area contributed by atoms with Crippen LogP contribution in [0.2, 0.25) is 0 Å². The molecule has 2 amide bonds. The van der Waals surface area contributed by atoms with Crippen molar-refractivity contribution in [1.29, 1.82) is 0 Å². The maximum absolute atomic E-state index is 13.7. The lowest BCUT2D eigenvalue weighted by Crippen LogP contribution is -2.62. The molecule has 2 aliphatic rings. The topological polar surface area (TPSA) is 84.4 Å². The van der Waals surface area contributed by atoms with Crippen molar-refractivity contribution < 1.29 is 14.3 Å². The number of fused-ring (bicyclic) bond motifs is 1. The first-order chi connectivity index (χ1) is 14.6. The third kappa shape index (κ3) is 3.63. The highest BCUT2D eigenvalue weighted by molar-refractivity contribution is 7.15. The Balaban J connectivity index is 1.77. The average molecular weight is 429 g/mol. The predicted octanol–water partition coefficient (Wildman–Crippen LogP) is 3.63. The second-order valence-corrected chi connectivity index (χ2v) is 9.04. The number of benzene rings is 1. The normalized spacial score (nSPS) is 20.3. The summed E-state index contributed by atoms with van der Waals surface area (Å²) in [5.41, 5.74) is 0.886. The van der Waals surface area contributed by atoms with Crippen molar-refractivity contribution in [3.05, 3.63) is 40.4 Å². The van der Waals surface area contributed by atoms with E-state index in [2.05, 4.69) is 15.5 Å². The van der Waals surface area contributed by atoms with E-state index in [9.17, 15) is 9.59 Å². The number of nitrogens with one attached hydrogen (secondary N) is 1. The van der Waals surface area contributed by atoms with E-state index in [-0.39, 0.29) is 11.8 Å². The number of anilines is 1. The van der Waals surface area contributed by atoms with Crippen molar-refractivity contribution in [1.82, 2.24) is 15.1 Å². The molecule has 1 atom stereocenters. The first kappa shape index (κ1) is 20.9. The van der Waals surface area contributed by atoms with E-state index in [4.69, 9.17) is 4.74 Å². The fraction of sp³-hybridized carbons (Fsp3) is 0.545. The molecule has 0 unspecified atom stereocenters. The molecule has 0 bridgehead atoms. The van der Waals surface area contributed by atoms with Gasteiger partial charge in [-0.1, -0.05) is 55.7 Å². The molecule has 2 aromatic rings. The van der Waals surface area contributed by atoms with Gasteiger partial charge in [0.05, 0.1) is 18.1 Å². The highest BCUT2D eigenvalue weighted by atomic mass is 32.1. The van der Waals surface area contributed by atoms with E-state index >= 15 is 0 Å². The minimum atomic E-state index is -0.537. The number of methoxy groups -OCH3 is 1. The summed E-state index contributed by atoms with van der Waals surface area (Å²) in [5.74, 6) is -0.562. The van der Waals surface area contributed by atoms with Gasteiger partial charge in [0, 0.05) is 19.2 Å². The van der Waals surface area contributed by atoms with Gasteiger partial charge in [0.1, 0.15) is 5.01 Å². The first-order valence-corrected chi connectivity index (χ1v) is 11.5. The van der Waals surface area contributed by atoms with E-state index < -0.39 is 11.5 Å². The number of carbonyl (C=O) groups is 2. The molecule has 0 radical (unpaired) electrons. The van der Waals surface area contributed by atoms with Crippen LogP contribution in [0.25, 0.3) is 0 Å². The zero-order valence-electron chi connectivity index (χ0n) is 17.5. The van der Waals surface area contributed by atoms with Crippen LogP contribution in [0.4, 0.5) is 5.13 Å². The lowest BCUT2D eigenvalue weighted by molar-refractivity contribution is -0.122. The highest BCUT2D eigenvalue weighted by Crippen LogP contribution is 2.49. The molecule has 8 heteroatoms. The summed E-state index contributed by atoms with van der Waals surface area (Å²) in [5, 5.41) is 12.7. The molecule has 4 rings (SSSR count). The molecule has 1 aromatic carbocycles. The van der Waals surface area contributed by atoms with Gasteiger partial charge in [0.25, 0.3) is 5.91 Å². The summed E-state index contributed by atoms with van der Waals surface area (Å²) in [7, 11) is 1.64. The Kier molecular flexibility index (Phi) is 6.15. The fourth-order valence-corrected chi connectivity index (χ4v) is 5.66. The number of aryl methyl sites for hydroxylation is 1. The summed E-state index contributed by atoms with van der Waals surface area (Å²) in [6.07, 6.45) is 5.53. The molecule has 160 valence electrons. The van der Waals surface area contributed by atoms with Gasteiger partial charge in [0.2, 0.25) is 11.0 Å². The number of aromatic nitrogens is 2. The van der Waals surface area contributed by atoms with Crippen molar-refractivity contribution in [3.8, 4) is 0 Å². The maximum atomic E-state index is 13.7. The van der Waals surface area contributed by atoms with Gasteiger partial charge in [-0.15, -0.1) is 10.2 Å².